The zero-order valence-corrected chi connectivity index (χ0v) is 16.5. The van der Waals surface area contributed by atoms with Gasteiger partial charge in [-0.2, -0.15) is 11.8 Å². The lowest BCUT2D eigenvalue weighted by molar-refractivity contribution is 0.375. The molecule has 0 unspecified atom stereocenters. The minimum absolute atomic E-state index is 0.281. The van der Waals surface area contributed by atoms with Gasteiger partial charge in [0.15, 0.2) is 5.96 Å². The van der Waals surface area contributed by atoms with Crippen molar-refractivity contribution in [3.8, 4) is 0 Å². The molecular formula is C18H31N5S. The SMILES string of the molecule is CCN(CC)c1ccc(CNC(=NC)N2CCSC(C)(C)C2)cn1. The number of guanidine groups is 1. The molecule has 1 aromatic heterocycles. The zero-order valence-electron chi connectivity index (χ0n) is 15.7. The van der Waals surface area contributed by atoms with Crippen LogP contribution < -0.4 is 10.2 Å². The zero-order chi connectivity index (χ0) is 17.6. The fourth-order valence-corrected chi connectivity index (χ4v) is 4.08. The molecule has 1 saturated heterocycles. The molecule has 0 amide bonds. The summed E-state index contributed by atoms with van der Waals surface area (Å²) in [5, 5.41) is 3.48. The molecule has 0 atom stereocenters. The van der Waals surface area contributed by atoms with E-state index in [4.69, 9.17) is 0 Å². The normalized spacial score (nSPS) is 17.7. The van der Waals surface area contributed by atoms with E-state index >= 15 is 0 Å². The van der Waals surface area contributed by atoms with Crippen LogP contribution in [0, 0.1) is 0 Å². The number of pyridine rings is 1. The highest BCUT2D eigenvalue weighted by Crippen LogP contribution is 2.29. The molecule has 1 fully saturated rings. The second-order valence-corrected chi connectivity index (χ2v) is 8.43. The number of nitrogens with one attached hydrogen (secondary N) is 1. The van der Waals surface area contributed by atoms with Crippen LogP contribution in [0.2, 0.25) is 0 Å². The third kappa shape index (κ3) is 5.03. The Labute approximate surface area is 150 Å². The van der Waals surface area contributed by atoms with Gasteiger partial charge in [-0.15, -0.1) is 0 Å². The maximum absolute atomic E-state index is 4.59. The van der Waals surface area contributed by atoms with Crippen molar-refractivity contribution in [3.05, 3.63) is 23.9 Å². The highest BCUT2D eigenvalue weighted by Gasteiger charge is 2.28. The van der Waals surface area contributed by atoms with E-state index < -0.39 is 0 Å². The summed E-state index contributed by atoms with van der Waals surface area (Å²) < 4.78 is 0.281. The van der Waals surface area contributed by atoms with Gasteiger partial charge in [-0.1, -0.05) is 6.07 Å². The third-order valence-electron chi connectivity index (χ3n) is 4.28. The largest absolute Gasteiger partial charge is 0.357 e. The van der Waals surface area contributed by atoms with E-state index in [1.165, 1.54) is 5.56 Å². The molecule has 0 bridgehead atoms. The number of hydrogen-bond donors (Lipinski definition) is 1. The van der Waals surface area contributed by atoms with Crippen molar-refractivity contribution in [1.82, 2.24) is 15.2 Å². The molecule has 6 heteroatoms. The number of aromatic nitrogens is 1. The molecule has 1 aliphatic rings. The molecule has 1 aromatic rings. The van der Waals surface area contributed by atoms with Crippen molar-refractivity contribution in [3.63, 3.8) is 0 Å². The van der Waals surface area contributed by atoms with Crippen molar-refractivity contribution in [1.29, 1.82) is 0 Å². The van der Waals surface area contributed by atoms with Crippen LogP contribution in [0.5, 0.6) is 0 Å². The quantitative estimate of drug-likeness (QED) is 0.654. The minimum atomic E-state index is 0.281. The van der Waals surface area contributed by atoms with Crippen molar-refractivity contribution >= 4 is 23.5 Å². The first-order chi connectivity index (χ1) is 11.5. The Kier molecular flexibility index (Phi) is 6.78. The average Bonchev–Trinajstić information content (AvgIpc) is 2.57. The van der Waals surface area contributed by atoms with E-state index in [9.17, 15) is 0 Å². The number of thioether (sulfide) groups is 1. The van der Waals surface area contributed by atoms with Gasteiger partial charge in [0.1, 0.15) is 5.82 Å². The summed E-state index contributed by atoms with van der Waals surface area (Å²) in [5.41, 5.74) is 1.18. The molecule has 2 rings (SSSR count). The molecule has 0 aromatic carbocycles. The van der Waals surface area contributed by atoms with E-state index in [-0.39, 0.29) is 4.75 Å². The second kappa shape index (κ2) is 8.60. The van der Waals surface area contributed by atoms with Gasteiger partial charge in [0.05, 0.1) is 0 Å². The molecule has 134 valence electrons. The fourth-order valence-electron chi connectivity index (χ4n) is 2.97. The van der Waals surface area contributed by atoms with E-state index in [0.717, 1.165) is 50.3 Å². The average molecular weight is 350 g/mol. The first-order valence-corrected chi connectivity index (χ1v) is 9.77. The molecule has 0 saturated carbocycles. The van der Waals surface area contributed by atoms with Gasteiger partial charge >= 0.3 is 0 Å². The van der Waals surface area contributed by atoms with Gasteiger partial charge in [0.2, 0.25) is 0 Å². The Balaban J connectivity index is 1.94. The van der Waals surface area contributed by atoms with Crippen LogP contribution in [-0.2, 0) is 6.54 Å². The van der Waals surface area contributed by atoms with Crippen molar-refractivity contribution in [2.75, 3.05) is 43.9 Å². The van der Waals surface area contributed by atoms with Crippen LogP contribution in [-0.4, -0.2) is 59.6 Å². The number of rotatable bonds is 5. The molecule has 2 heterocycles. The highest BCUT2D eigenvalue weighted by atomic mass is 32.2. The van der Waals surface area contributed by atoms with Crippen molar-refractivity contribution in [2.45, 2.75) is 39.0 Å². The van der Waals surface area contributed by atoms with Gasteiger partial charge in [-0.3, -0.25) is 4.99 Å². The highest BCUT2D eigenvalue weighted by molar-refractivity contribution is 8.00. The summed E-state index contributed by atoms with van der Waals surface area (Å²) in [5.74, 6) is 3.17. The second-order valence-electron chi connectivity index (χ2n) is 6.63. The number of aliphatic imine (C=N–C) groups is 1. The topological polar surface area (TPSA) is 43.8 Å². The van der Waals surface area contributed by atoms with Gasteiger partial charge in [0, 0.05) is 56.5 Å². The Bertz CT molecular complexity index is 537. The van der Waals surface area contributed by atoms with Crippen molar-refractivity contribution in [2.24, 2.45) is 4.99 Å². The predicted octanol–water partition coefficient (Wildman–Crippen LogP) is 2.83. The van der Waals surface area contributed by atoms with Crippen LogP contribution in [0.4, 0.5) is 5.82 Å². The Morgan fingerprint density at radius 3 is 2.67 bits per heavy atom. The van der Waals surface area contributed by atoms with Crippen molar-refractivity contribution < 1.29 is 0 Å². The van der Waals surface area contributed by atoms with E-state index in [0.29, 0.717) is 0 Å². The van der Waals surface area contributed by atoms with Crippen LogP contribution >= 0.6 is 11.8 Å². The maximum Gasteiger partial charge on any atom is 0.193 e. The summed E-state index contributed by atoms with van der Waals surface area (Å²) >= 11 is 2.04. The van der Waals surface area contributed by atoms with Gasteiger partial charge in [-0.25, -0.2) is 4.98 Å². The summed E-state index contributed by atoms with van der Waals surface area (Å²) in [4.78, 5) is 13.7. The van der Waals surface area contributed by atoms with Gasteiger partial charge in [0.25, 0.3) is 0 Å². The lowest BCUT2D eigenvalue weighted by atomic mass is 10.2. The Hall–Kier alpha value is -1.43. The third-order valence-corrected chi connectivity index (χ3v) is 5.58. The molecule has 1 aliphatic heterocycles. The van der Waals surface area contributed by atoms with Gasteiger partial charge in [-0.05, 0) is 39.3 Å². The Morgan fingerprint density at radius 2 is 2.12 bits per heavy atom. The monoisotopic (exact) mass is 349 g/mol. The molecule has 0 radical (unpaired) electrons. The molecule has 0 spiro atoms. The molecule has 5 nitrogen and oxygen atoms in total. The molecule has 24 heavy (non-hydrogen) atoms. The smallest absolute Gasteiger partial charge is 0.193 e. The van der Waals surface area contributed by atoms with Gasteiger partial charge < -0.3 is 15.1 Å². The number of nitrogens with zero attached hydrogens (tertiary/aromatic N) is 4. The molecular weight excluding hydrogens is 318 g/mol. The van der Waals surface area contributed by atoms with E-state index in [2.05, 4.69) is 64.9 Å². The summed E-state index contributed by atoms with van der Waals surface area (Å²) in [6.45, 7) is 13.7. The molecule has 1 N–H and O–H groups in total. The van der Waals surface area contributed by atoms with E-state index in [1.54, 1.807) is 0 Å². The lowest BCUT2D eigenvalue weighted by Gasteiger charge is -2.39. The molecule has 0 aliphatic carbocycles. The standard InChI is InChI=1S/C18H31N5S/c1-6-22(7-2)16-9-8-15(12-20-16)13-21-17(19-5)23-10-11-24-18(3,4)14-23/h8-9,12H,6-7,10-11,13-14H2,1-5H3,(H,19,21). The van der Waals surface area contributed by atoms with Crippen LogP contribution in [0.15, 0.2) is 23.3 Å². The predicted molar refractivity (Wildman–Crippen MR) is 106 cm³/mol. The first kappa shape index (κ1) is 18.9. The minimum Gasteiger partial charge on any atom is -0.357 e. The Morgan fingerprint density at radius 1 is 1.38 bits per heavy atom. The van der Waals surface area contributed by atoms with Crippen LogP contribution in [0.25, 0.3) is 0 Å². The maximum atomic E-state index is 4.59. The van der Waals surface area contributed by atoms with E-state index in [1.807, 2.05) is 25.0 Å². The number of hydrogen-bond acceptors (Lipinski definition) is 4. The van der Waals surface area contributed by atoms with Crippen LogP contribution in [0.1, 0.15) is 33.3 Å². The van der Waals surface area contributed by atoms with Crippen LogP contribution in [0.3, 0.4) is 0 Å². The summed E-state index contributed by atoms with van der Waals surface area (Å²) in [6, 6.07) is 4.25. The number of anilines is 1. The lowest BCUT2D eigenvalue weighted by Crippen LogP contribution is -2.50. The summed E-state index contributed by atoms with van der Waals surface area (Å²) in [7, 11) is 1.86. The summed E-state index contributed by atoms with van der Waals surface area (Å²) in [6.07, 6.45) is 1.96. The first-order valence-electron chi connectivity index (χ1n) is 8.78. The fraction of sp³-hybridized carbons (Fsp3) is 0.667.